The average Bonchev–Trinajstić information content (AvgIpc) is 2.99. The highest BCUT2D eigenvalue weighted by Crippen LogP contribution is 2.25. The van der Waals surface area contributed by atoms with Crippen LogP contribution in [0.3, 0.4) is 0 Å². The zero-order chi connectivity index (χ0) is 34.2. The first-order valence-electron chi connectivity index (χ1n) is 15.7. The van der Waals surface area contributed by atoms with Crippen LogP contribution in [0.25, 0.3) is 0 Å². The van der Waals surface area contributed by atoms with Crippen LogP contribution in [-0.4, -0.2) is 56.1 Å². The van der Waals surface area contributed by atoms with Gasteiger partial charge in [0, 0.05) is 0 Å². The summed E-state index contributed by atoms with van der Waals surface area (Å²) in [5.74, 6) is -7.05. The number of carboxylic acids is 4. The highest BCUT2D eigenvalue weighted by molar-refractivity contribution is 6.08. The molecule has 2 amide bonds. The van der Waals surface area contributed by atoms with Gasteiger partial charge in [0.2, 0.25) is 11.8 Å². The summed E-state index contributed by atoms with van der Waals surface area (Å²) in [5, 5.41) is 38.1. The van der Waals surface area contributed by atoms with Crippen LogP contribution in [0.1, 0.15) is 163 Å². The molecule has 2 aromatic rings. The van der Waals surface area contributed by atoms with Crippen molar-refractivity contribution < 1.29 is 49.2 Å². The Morgan fingerprint density at radius 1 is 0.391 bits per heavy atom. The van der Waals surface area contributed by atoms with Crippen molar-refractivity contribution in [3.63, 3.8) is 0 Å². The van der Waals surface area contributed by atoms with E-state index in [4.69, 9.17) is 11.5 Å². The van der Waals surface area contributed by atoms with Crippen molar-refractivity contribution in [3.8, 4) is 0 Å². The predicted octanol–water partition coefficient (Wildman–Crippen LogP) is 5.92. The Kier molecular flexibility index (Phi) is 15.4. The van der Waals surface area contributed by atoms with E-state index in [0.29, 0.717) is 12.8 Å². The molecule has 0 unspecified atom stereocenters. The molecule has 0 aliphatic carbocycles. The lowest BCUT2D eigenvalue weighted by Gasteiger charge is -2.13. The van der Waals surface area contributed by atoms with Crippen molar-refractivity contribution in [1.82, 2.24) is 0 Å². The average molecular weight is 641 g/mol. The number of unbranched alkanes of at least 4 members (excludes halogenated alkanes) is 13. The molecule has 0 aliphatic heterocycles. The van der Waals surface area contributed by atoms with Crippen molar-refractivity contribution in [1.29, 1.82) is 0 Å². The van der Waals surface area contributed by atoms with E-state index in [2.05, 4.69) is 0 Å². The minimum atomic E-state index is -1.37. The fourth-order valence-electron chi connectivity index (χ4n) is 5.84. The van der Waals surface area contributed by atoms with Crippen molar-refractivity contribution in [3.05, 3.63) is 68.8 Å². The molecule has 0 radical (unpaired) electrons. The van der Waals surface area contributed by atoms with E-state index >= 15 is 0 Å². The van der Waals surface area contributed by atoms with Gasteiger partial charge >= 0.3 is 23.9 Å². The number of nitrogens with two attached hydrogens (primary N) is 2. The Balaban J connectivity index is 1.61. The summed E-state index contributed by atoms with van der Waals surface area (Å²) in [6.07, 6.45) is 13.8. The molecule has 0 heterocycles. The maximum absolute atomic E-state index is 11.8. The van der Waals surface area contributed by atoms with Crippen LogP contribution in [0, 0.1) is 0 Å². The number of benzene rings is 2. The minimum absolute atomic E-state index is 0.126. The van der Waals surface area contributed by atoms with Gasteiger partial charge in [-0.25, -0.2) is 19.2 Å². The van der Waals surface area contributed by atoms with Gasteiger partial charge in [-0.3, -0.25) is 9.59 Å². The number of carbonyl (C=O) groups excluding carboxylic acids is 2. The minimum Gasteiger partial charge on any atom is -0.478 e. The van der Waals surface area contributed by atoms with E-state index in [1.54, 1.807) is 0 Å². The molecule has 46 heavy (non-hydrogen) atoms. The monoisotopic (exact) mass is 640 g/mol. The van der Waals surface area contributed by atoms with Gasteiger partial charge in [0.15, 0.2) is 0 Å². The third-order valence-electron chi connectivity index (χ3n) is 8.15. The molecule has 0 fully saturated rings. The van der Waals surface area contributed by atoms with E-state index in [-0.39, 0.29) is 57.3 Å². The number of hydrogen-bond donors (Lipinski definition) is 6. The number of amides is 2. The van der Waals surface area contributed by atoms with Crippen molar-refractivity contribution >= 4 is 35.7 Å². The topological polar surface area (TPSA) is 235 Å². The van der Waals surface area contributed by atoms with Crippen molar-refractivity contribution in [2.75, 3.05) is 0 Å². The lowest BCUT2D eigenvalue weighted by Crippen LogP contribution is -2.20. The SMILES string of the molecule is NC(=O)c1ccc(C(=O)O)c(CCCCCCCCCCCCCCCCc2c(C(=O)O)ccc(C(N)=O)c2C(=O)O)c1C(=O)O. The first kappa shape index (κ1) is 37.4. The second-order valence-corrected chi connectivity index (χ2v) is 11.4. The van der Waals surface area contributed by atoms with Crippen molar-refractivity contribution in [2.45, 2.75) is 103 Å². The number of carboxylic acid groups (broad SMARTS) is 4. The number of aromatic carboxylic acids is 4. The number of primary amides is 2. The summed E-state index contributed by atoms with van der Waals surface area (Å²) in [6.45, 7) is 0. The first-order chi connectivity index (χ1) is 21.9. The number of carbonyl (C=O) groups is 6. The summed E-state index contributed by atoms with van der Waals surface area (Å²) in [5.41, 5.74) is 9.56. The van der Waals surface area contributed by atoms with Gasteiger partial charge in [0.1, 0.15) is 0 Å². The Morgan fingerprint density at radius 3 is 0.848 bits per heavy atom. The van der Waals surface area contributed by atoms with Crippen LogP contribution in [0.5, 0.6) is 0 Å². The van der Waals surface area contributed by atoms with E-state index in [1.165, 1.54) is 12.1 Å². The second-order valence-electron chi connectivity index (χ2n) is 11.4. The van der Waals surface area contributed by atoms with E-state index in [0.717, 1.165) is 89.2 Å². The summed E-state index contributed by atoms with van der Waals surface area (Å²) < 4.78 is 0. The molecule has 0 spiro atoms. The molecule has 0 saturated carbocycles. The summed E-state index contributed by atoms with van der Waals surface area (Å²) in [6, 6.07) is 4.76. The molecular formula is C34H44N2O10. The fourth-order valence-corrected chi connectivity index (χ4v) is 5.84. The Hall–Kier alpha value is -4.74. The smallest absolute Gasteiger partial charge is 0.336 e. The first-order valence-corrected chi connectivity index (χ1v) is 15.7. The molecule has 0 aliphatic rings. The summed E-state index contributed by atoms with van der Waals surface area (Å²) >= 11 is 0. The summed E-state index contributed by atoms with van der Waals surface area (Å²) in [7, 11) is 0. The molecule has 8 N–H and O–H groups in total. The predicted molar refractivity (Wildman–Crippen MR) is 170 cm³/mol. The highest BCUT2D eigenvalue weighted by Gasteiger charge is 2.25. The molecule has 12 nitrogen and oxygen atoms in total. The Labute approximate surface area is 267 Å². The standard InChI is InChI=1S/C34H44N2O10/c35-29(37)25-19-17-23(31(39)40)21(27(25)33(43)44)15-13-11-9-7-5-3-1-2-4-6-8-10-12-14-16-22-24(32(41)42)18-20-26(30(36)38)28(22)34(45)46/h17-20H,1-16H2,(H2,35,37)(H2,36,38)(H,39,40)(H,41,42)(H,43,44)(H,45,46). The fraction of sp³-hybridized carbons (Fsp3) is 0.471. The molecule has 0 bridgehead atoms. The Morgan fingerprint density at radius 2 is 0.630 bits per heavy atom. The van der Waals surface area contributed by atoms with Crippen LogP contribution in [0.2, 0.25) is 0 Å². The Bertz CT molecular complexity index is 1330. The molecule has 12 heteroatoms. The quantitative estimate of drug-likeness (QED) is 0.0783. The molecule has 2 rings (SSSR count). The molecule has 0 atom stereocenters. The molecular weight excluding hydrogens is 596 g/mol. The van der Waals surface area contributed by atoms with Gasteiger partial charge in [0.05, 0.1) is 33.4 Å². The lowest BCUT2D eigenvalue weighted by molar-refractivity contribution is 0.0671. The zero-order valence-electron chi connectivity index (χ0n) is 26.0. The maximum Gasteiger partial charge on any atom is 0.336 e. The third-order valence-corrected chi connectivity index (χ3v) is 8.15. The van der Waals surface area contributed by atoms with E-state index in [1.807, 2.05) is 0 Å². The van der Waals surface area contributed by atoms with Gasteiger partial charge in [-0.05, 0) is 61.1 Å². The lowest BCUT2D eigenvalue weighted by atomic mass is 9.91. The molecule has 2 aromatic carbocycles. The van der Waals surface area contributed by atoms with Gasteiger partial charge in [-0.2, -0.15) is 0 Å². The van der Waals surface area contributed by atoms with Crippen LogP contribution in [-0.2, 0) is 12.8 Å². The van der Waals surface area contributed by atoms with Crippen LogP contribution < -0.4 is 11.5 Å². The van der Waals surface area contributed by atoms with E-state index in [9.17, 15) is 49.2 Å². The van der Waals surface area contributed by atoms with Crippen LogP contribution in [0.15, 0.2) is 24.3 Å². The number of hydrogen-bond acceptors (Lipinski definition) is 6. The third kappa shape index (κ3) is 11.0. The normalized spacial score (nSPS) is 10.9. The molecule has 0 saturated heterocycles. The molecule has 250 valence electrons. The summed E-state index contributed by atoms with van der Waals surface area (Å²) in [4.78, 5) is 70.1. The van der Waals surface area contributed by atoms with Gasteiger partial charge in [0.25, 0.3) is 0 Å². The highest BCUT2D eigenvalue weighted by atomic mass is 16.4. The van der Waals surface area contributed by atoms with Crippen LogP contribution >= 0.6 is 0 Å². The maximum atomic E-state index is 11.8. The largest absolute Gasteiger partial charge is 0.478 e. The van der Waals surface area contributed by atoms with Gasteiger partial charge < -0.3 is 31.9 Å². The van der Waals surface area contributed by atoms with Gasteiger partial charge in [-0.1, -0.05) is 77.0 Å². The number of rotatable bonds is 23. The van der Waals surface area contributed by atoms with Crippen LogP contribution in [0.4, 0.5) is 0 Å². The zero-order valence-corrected chi connectivity index (χ0v) is 26.0. The van der Waals surface area contributed by atoms with E-state index < -0.39 is 35.7 Å². The van der Waals surface area contributed by atoms with Gasteiger partial charge in [-0.15, -0.1) is 0 Å². The van der Waals surface area contributed by atoms with Crippen molar-refractivity contribution in [2.24, 2.45) is 11.5 Å². The molecule has 0 aromatic heterocycles. The second kappa shape index (κ2) is 18.9.